The molecule has 5 nitrogen and oxygen atoms in total. The molecule has 1 aromatic heterocycles. The fourth-order valence-electron chi connectivity index (χ4n) is 1.09. The predicted molar refractivity (Wildman–Crippen MR) is 62.9 cm³/mol. The van der Waals surface area contributed by atoms with E-state index in [9.17, 15) is 9.59 Å². The summed E-state index contributed by atoms with van der Waals surface area (Å²) in [5.41, 5.74) is 0.617. The van der Waals surface area contributed by atoms with E-state index in [-0.39, 0.29) is 11.1 Å². The Bertz CT molecular complexity index is 487. The van der Waals surface area contributed by atoms with Crippen LogP contribution in [-0.2, 0) is 4.79 Å². The number of hydrogen-bond donors (Lipinski definition) is 1. The first kappa shape index (κ1) is 11.2. The van der Waals surface area contributed by atoms with Gasteiger partial charge in [-0.1, -0.05) is 11.8 Å². The van der Waals surface area contributed by atoms with Crippen LogP contribution in [0.2, 0.25) is 0 Å². The van der Waals surface area contributed by atoms with Gasteiger partial charge in [0, 0.05) is 6.20 Å². The van der Waals surface area contributed by atoms with Gasteiger partial charge >= 0.3 is 0 Å². The summed E-state index contributed by atoms with van der Waals surface area (Å²) in [4.78, 5) is 30.8. The van der Waals surface area contributed by atoms with E-state index in [1.54, 1.807) is 18.3 Å². The first-order chi connectivity index (χ1) is 7.69. The Morgan fingerprint density at radius 2 is 2.31 bits per heavy atom. The van der Waals surface area contributed by atoms with Crippen molar-refractivity contribution in [2.24, 2.45) is 0 Å². The summed E-state index contributed by atoms with van der Waals surface area (Å²) in [6, 6.07) is 1.68. The van der Waals surface area contributed by atoms with Gasteiger partial charge in [0.2, 0.25) is 0 Å². The average molecular weight is 253 g/mol. The third-order valence-electron chi connectivity index (χ3n) is 1.76. The smallest absolute Gasteiger partial charge is 0.282 e. The second-order valence-corrected chi connectivity index (χ2v) is 4.61. The van der Waals surface area contributed by atoms with Crippen molar-refractivity contribution < 1.29 is 9.59 Å². The van der Waals surface area contributed by atoms with Crippen molar-refractivity contribution in [1.82, 2.24) is 15.3 Å². The Kier molecular flexibility index (Phi) is 3.25. The van der Waals surface area contributed by atoms with Gasteiger partial charge in [-0.3, -0.25) is 14.9 Å². The predicted octanol–water partition coefficient (Wildman–Crippen LogP) is 1.52. The lowest BCUT2D eigenvalue weighted by molar-refractivity contribution is -0.115. The molecule has 16 heavy (non-hydrogen) atoms. The molecule has 7 heteroatoms. The molecule has 0 saturated carbocycles. The number of amides is 2. The van der Waals surface area contributed by atoms with Crippen molar-refractivity contribution >= 4 is 40.7 Å². The van der Waals surface area contributed by atoms with Crippen LogP contribution in [0.15, 0.2) is 22.3 Å². The largest absolute Gasteiger partial charge is 0.290 e. The van der Waals surface area contributed by atoms with Crippen LogP contribution < -0.4 is 5.32 Å². The minimum atomic E-state index is -0.376. The van der Waals surface area contributed by atoms with Crippen LogP contribution in [0.1, 0.15) is 5.69 Å². The molecule has 0 radical (unpaired) electrons. The number of thioether (sulfide) groups is 2. The summed E-state index contributed by atoms with van der Waals surface area (Å²) in [7, 11) is 0. The van der Waals surface area contributed by atoms with Gasteiger partial charge in [0.1, 0.15) is 0 Å². The highest BCUT2D eigenvalue weighted by molar-refractivity contribution is 8.18. The monoisotopic (exact) mass is 253 g/mol. The van der Waals surface area contributed by atoms with Crippen molar-refractivity contribution in [2.45, 2.75) is 5.16 Å². The highest BCUT2D eigenvalue weighted by Crippen LogP contribution is 2.25. The van der Waals surface area contributed by atoms with Gasteiger partial charge in [0.05, 0.1) is 10.6 Å². The zero-order valence-corrected chi connectivity index (χ0v) is 9.89. The van der Waals surface area contributed by atoms with E-state index < -0.39 is 0 Å². The summed E-state index contributed by atoms with van der Waals surface area (Å²) in [5, 5.41) is 2.46. The van der Waals surface area contributed by atoms with Crippen LogP contribution >= 0.6 is 23.5 Å². The highest BCUT2D eigenvalue weighted by atomic mass is 32.2. The third kappa shape index (κ3) is 2.42. The summed E-state index contributed by atoms with van der Waals surface area (Å²) < 4.78 is 0. The molecule has 82 valence electrons. The second-order valence-electron chi connectivity index (χ2n) is 2.82. The number of rotatable bonds is 2. The lowest BCUT2D eigenvalue weighted by atomic mass is 10.3. The normalized spacial score (nSPS) is 17.9. The van der Waals surface area contributed by atoms with E-state index >= 15 is 0 Å². The van der Waals surface area contributed by atoms with Crippen molar-refractivity contribution in [2.75, 3.05) is 6.26 Å². The number of carbonyl (C=O) groups excluding carboxylic acids is 2. The summed E-state index contributed by atoms with van der Waals surface area (Å²) in [6.07, 6.45) is 5.06. The zero-order valence-electron chi connectivity index (χ0n) is 8.26. The Hall–Kier alpha value is -1.34. The van der Waals surface area contributed by atoms with Gasteiger partial charge in [-0.15, -0.1) is 0 Å². The summed E-state index contributed by atoms with van der Waals surface area (Å²) in [6.45, 7) is 0. The molecule has 0 aliphatic carbocycles. The molecule has 0 aromatic carbocycles. The fraction of sp³-hybridized carbons (Fsp3) is 0.111. The van der Waals surface area contributed by atoms with E-state index in [4.69, 9.17) is 0 Å². The van der Waals surface area contributed by atoms with Crippen LogP contribution in [0.5, 0.6) is 0 Å². The van der Waals surface area contributed by atoms with Crippen LogP contribution in [0.25, 0.3) is 6.08 Å². The van der Waals surface area contributed by atoms with Crippen LogP contribution in [0, 0.1) is 0 Å². The van der Waals surface area contributed by atoms with Gasteiger partial charge in [-0.25, -0.2) is 9.97 Å². The highest BCUT2D eigenvalue weighted by Gasteiger charge is 2.25. The molecule has 1 aliphatic rings. The SMILES string of the molecule is CSc1nccc(C=C2SC(=O)NC2=O)n1. The van der Waals surface area contributed by atoms with E-state index in [2.05, 4.69) is 15.3 Å². The van der Waals surface area contributed by atoms with E-state index in [0.717, 1.165) is 11.8 Å². The fourth-order valence-corrected chi connectivity index (χ4v) is 2.12. The quantitative estimate of drug-likeness (QED) is 0.489. The van der Waals surface area contributed by atoms with Crippen molar-refractivity contribution in [3.8, 4) is 0 Å². The molecule has 1 saturated heterocycles. The first-order valence-corrected chi connectivity index (χ1v) is 6.35. The lowest BCUT2D eigenvalue weighted by Gasteiger charge is -1.96. The number of hydrogen-bond acceptors (Lipinski definition) is 6. The maximum absolute atomic E-state index is 11.3. The van der Waals surface area contributed by atoms with Crippen molar-refractivity contribution in [3.63, 3.8) is 0 Å². The number of aromatic nitrogens is 2. The van der Waals surface area contributed by atoms with E-state index in [1.165, 1.54) is 11.8 Å². The Morgan fingerprint density at radius 3 is 2.94 bits per heavy atom. The maximum Gasteiger partial charge on any atom is 0.290 e. The molecular formula is C9H7N3O2S2. The molecule has 1 aliphatic heterocycles. The van der Waals surface area contributed by atoms with Gasteiger partial charge in [0.25, 0.3) is 11.1 Å². The molecule has 1 aromatic rings. The molecule has 0 spiro atoms. The van der Waals surface area contributed by atoms with Gasteiger partial charge < -0.3 is 0 Å². The van der Waals surface area contributed by atoms with Crippen molar-refractivity contribution in [1.29, 1.82) is 0 Å². The van der Waals surface area contributed by atoms with Crippen molar-refractivity contribution in [3.05, 3.63) is 22.9 Å². The number of nitrogens with one attached hydrogen (secondary N) is 1. The molecule has 2 rings (SSSR count). The third-order valence-corrected chi connectivity index (χ3v) is 3.13. The van der Waals surface area contributed by atoms with Crippen LogP contribution in [0.3, 0.4) is 0 Å². The molecule has 1 fully saturated rings. The Balaban J connectivity index is 2.28. The average Bonchev–Trinajstić information content (AvgIpc) is 2.58. The topological polar surface area (TPSA) is 72.0 Å². The Morgan fingerprint density at radius 1 is 1.50 bits per heavy atom. The second kappa shape index (κ2) is 4.67. The lowest BCUT2D eigenvalue weighted by Crippen LogP contribution is -2.17. The minimum Gasteiger partial charge on any atom is -0.282 e. The summed E-state index contributed by atoms with van der Waals surface area (Å²) in [5.74, 6) is -0.376. The number of nitrogens with zero attached hydrogens (tertiary/aromatic N) is 2. The molecule has 1 N–H and O–H groups in total. The summed E-state index contributed by atoms with van der Waals surface area (Å²) >= 11 is 2.29. The van der Waals surface area contributed by atoms with Gasteiger partial charge in [-0.2, -0.15) is 0 Å². The number of imide groups is 1. The van der Waals surface area contributed by atoms with E-state index in [0.29, 0.717) is 15.8 Å². The van der Waals surface area contributed by atoms with Crippen LogP contribution in [0.4, 0.5) is 4.79 Å². The Labute approximate surface area is 100 Å². The zero-order chi connectivity index (χ0) is 11.5. The van der Waals surface area contributed by atoms with Gasteiger partial charge in [0.15, 0.2) is 5.16 Å². The van der Waals surface area contributed by atoms with E-state index in [1.807, 2.05) is 6.26 Å². The molecular weight excluding hydrogens is 246 g/mol. The molecule has 0 bridgehead atoms. The molecule has 0 unspecified atom stereocenters. The maximum atomic E-state index is 11.3. The molecule has 2 heterocycles. The number of carbonyl (C=O) groups is 2. The van der Waals surface area contributed by atoms with Gasteiger partial charge in [-0.05, 0) is 30.2 Å². The molecule has 2 amide bonds. The standard InChI is InChI=1S/C9H7N3O2S2/c1-15-8-10-3-2-5(11-8)4-6-7(13)12-9(14)16-6/h2-4H,1H3,(H,12,13,14). The minimum absolute atomic E-state index is 0.351. The molecule has 0 atom stereocenters. The first-order valence-electron chi connectivity index (χ1n) is 4.31. The van der Waals surface area contributed by atoms with Crippen LogP contribution in [-0.4, -0.2) is 27.4 Å².